The first-order valence-corrected chi connectivity index (χ1v) is 5.49. The molecule has 0 aliphatic carbocycles. The molecule has 0 spiro atoms. The predicted molar refractivity (Wildman–Crippen MR) is 65.2 cm³/mol. The third kappa shape index (κ3) is 9.30. The van der Waals surface area contributed by atoms with E-state index >= 15 is 0 Å². The Labute approximate surface area is 97.4 Å². The molecule has 5 heteroatoms. The lowest BCUT2D eigenvalue weighted by atomic mass is 10.2. The summed E-state index contributed by atoms with van der Waals surface area (Å²) in [5.41, 5.74) is 5.13. The van der Waals surface area contributed by atoms with E-state index in [0.717, 1.165) is 0 Å². The van der Waals surface area contributed by atoms with E-state index < -0.39 is 5.60 Å². The summed E-state index contributed by atoms with van der Waals surface area (Å²) < 4.78 is 5.13. The predicted octanol–water partition coefficient (Wildman–Crippen LogP) is 1.03. The second-order valence-corrected chi connectivity index (χ2v) is 4.90. The van der Waals surface area contributed by atoms with Crippen molar-refractivity contribution < 1.29 is 9.53 Å². The van der Waals surface area contributed by atoms with E-state index in [1.54, 1.807) is 0 Å². The van der Waals surface area contributed by atoms with Crippen LogP contribution in [0.1, 0.15) is 41.0 Å². The first-order chi connectivity index (χ1) is 7.20. The van der Waals surface area contributed by atoms with Crippen LogP contribution in [0.25, 0.3) is 0 Å². The van der Waals surface area contributed by atoms with Crippen LogP contribution in [0.5, 0.6) is 0 Å². The van der Waals surface area contributed by atoms with E-state index in [1.165, 1.54) is 0 Å². The molecule has 0 bridgehead atoms. The fourth-order valence-electron chi connectivity index (χ4n) is 1.00. The lowest BCUT2D eigenvalue weighted by Gasteiger charge is -2.19. The maximum absolute atomic E-state index is 11.3. The molecule has 0 heterocycles. The van der Waals surface area contributed by atoms with Gasteiger partial charge in [0.05, 0.1) is 13.0 Å². The highest BCUT2D eigenvalue weighted by Gasteiger charge is 2.15. The SMILES string of the molecule is CC(C)NC(N)=NCCC(=O)OC(C)(C)C. The molecule has 0 fully saturated rings. The van der Waals surface area contributed by atoms with Gasteiger partial charge in [-0.05, 0) is 34.6 Å². The van der Waals surface area contributed by atoms with Gasteiger partial charge in [0.1, 0.15) is 5.60 Å². The van der Waals surface area contributed by atoms with Crippen molar-refractivity contribution in [3.05, 3.63) is 0 Å². The largest absolute Gasteiger partial charge is 0.460 e. The molecular formula is C11H23N3O2. The number of guanidine groups is 1. The number of nitrogens with zero attached hydrogens (tertiary/aromatic N) is 1. The van der Waals surface area contributed by atoms with Gasteiger partial charge in [-0.15, -0.1) is 0 Å². The normalized spacial score (nSPS) is 12.8. The zero-order valence-corrected chi connectivity index (χ0v) is 10.8. The molecule has 0 saturated heterocycles. The Kier molecular flexibility index (Phi) is 5.85. The Morgan fingerprint density at radius 2 is 2.00 bits per heavy atom. The number of nitrogens with two attached hydrogens (primary N) is 1. The van der Waals surface area contributed by atoms with Gasteiger partial charge in [-0.2, -0.15) is 0 Å². The van der Waals surface area contributed by atoms with Crippen LogP contribution in [0.3, 0.4) is 0 Å². The fourth-order valence-corrected chi connectivity index (χ4v) is 1.00. The number of carbonyl (C=O) groups is 1. The van der Waals surface area contributed by atoms with Crippen molar-refractivity contribution in [2.45, 2.75) is 52.7 Å². The molecule has 0 aliphatic rings. The van der Waals surface area contributed by atoms with Gasteiger partial charge in [0.2, 0.25) is 0 Å². The molecule has 16 heavy (non-hydrogen) atoms. The number of esters is 1. The van der Waals surface area contributed by atoms with Gasteiger partial charge in [-0.3, -0.25) is 9.79 Å². The number of carbonyl (C=O) groups excluding carboxylic acids is 1. The first kappa shape index (κ1) is 14.7. The molecule has 94 valence electrons. The van der Waals surface area contributed by atoms with Gasteiger partial charge in [-0.1, -0.05) is 0 Å². The van der Waals surface area contributed by atoms with Crippen LogP contribution in [-0.2, 0) is 9.53 Å². The molecule has 0 aliphatic heterocycles. The summed E-state index contributed by atoms with van der Waals surface area (Å²) in [5.74, 6) is 0.104. The molecule has 0 saturated carbocycles. The summed E-state index contributed by atoms with van der Waals surface area (Å²) in [7, 11) is 0. The number of ether oxygens (including phenoxy) is 1. The summed E-state index contributed by atoms with van der Waals surface area (Å²) in [6, 6.07) is 0.241. The molecule has 0 unspecified atom stereocenters. The molecule has 0 aromatic carbocycles. The Morgan fingerprint density at radius 3 is 2.44 bits per heavy atom. The molecule has 5 nitrogen and oxygen atoms in total. The van der Waals surface area contributed by atoms with E-state index in [2.05, 4.69) is 10.3 Å². The summed E-state index contributed by atoms with van der Waals surface area (Å²) in [4.78, 5) is 15.3. The van der Waals surface area contributed by atoms with E-state index in [1.807, 2.05) is 34.6 Å². The standard InChI is InChI=1S/C11H23N3O2/c1-8(2)14-10(12)13-7-6-9(15)16-11(3,4)5/h8H,6-7H2,1-5H3,(H3,12,13,14). The van der Waals surface area contributed by atoms with Gasteiger partial charge in [0.15, 0.2) is 5.96 Å². The monoisotopic (exact) mass is 229 g/mol. The highest BCUT2D eigenvalue weighted by Crippen LogP contribution is 2.07. The summed E-state index contributed by atoms with van der Waals surface area (Å²) in [6.45, 7) is 9.79. The zero-order valence-electron chi connectivity index (χ0n) is 10.8. The average Bonchev–Trinajstić information content (AvgIpc) is 1.98. The molecule has 0 atom stereocenters. The van der Waals surface area contributed by atoms with Crippen LogP contribution in [0, 0.1) is 0 Å². The van der Waals surface area contributed by atoms with Crippen molar-refractivity contribution in [1.82, 2.24) is 5.32 Å². The van der Waals surface area contributed by atoms with Gasteiger partial charge in [-0.25, -0.2) is 0 Å². The minimum atomic E-state index is -0.442. The van der Waals surface area contributed by atoms with Gasteiger partial charge in [0.25, 0.3) is 0 Å². The van der Waals surface area contributed by atoms with Crippen LogP contribution >= 0.6 is 0 Å². The molecule has 0 amide bonds. The van der Waals surface area contributed by atoms with Crippen molar-refractivity contribution in [2.24, 2.45) is 10.7 Å². The maximum atomic E-state index is 11.3. The third-order valence-electron chi connectivity index (χ3n) is 1.45. The number of aliphatic imine (C=N–C) groups is 1. The second kappa shape index (κ2) is 6.35. The van der Waals surface area contributed by atoms with Crippen molar-refractivity contribution in [2.75, 3.05) is 6.54 Å². The minimum Gasteiger partial charge on any atom is -0.460 e. The Balaban J connectivity index is 3.85. The molecule has 0 aromatic heterocycles. The number of nitrogens with one attached hydrogen (secondary N) is 1. The fraction of sp³-hybridized carbons (Fsp3) is 0.818. The van der Waals surface area contributed by atoms with Crippen LogP contribution in [0.2, 0.25) is 0 Å². The van der Waals surface area contributed by atoms with Crippen molar-refractivity contribution in [3.8, 4) is 0 Å². The van der Waals surface area contributed by atoms with E-state index in [4.69, 9.17) is 10.5 Å². The highest BCUT2D eigenvalue weighted by molar-refractivity contribution is 5.78. The third-order valence-corrected chi connectivity index (χ3v) is 1.45. The molecule has 0 aromatic rings. The summed E-state index contributed by atoms with van der Waals surface area (Å²) in [6.07, 6.45) is 0.248. The smallest absolute Gasteiger partial charge is 0.308 e. The Morgan fingerprint density at radius 1 is 1.44 bits per heavy atom. The lowest BCUT2D eigenvalue weighted by Crippen LogP contribution is -2.37. The van der Waals surface area contributed by atoms with Gasteiger partial charge in [0, 0.05) is 6.04 Å². The van der Waals surface area contributed by atoms with Crippen LogP contribution < -0.4 is 11.1 Å². The summed E-state index contributed by atoms with van der Waals surface area (Å²) >= 11 is 0. The second-order valence-electron chi connectivity index (χ2n) is 4.90. The quantitative estimate of drug-likeness (QED) is 0.429. The number of hydrogen-bond acceptors (Lipinski definition) is 3. The Hall–Kier alpha value is -1.26. The average molecular weight is 229 g/mol. The summed E-state index contributed by atoms with van der Waals surface area (Å²) in [5, 5.41) is 2.94. The zero-order chi connectivity index (χ0) is 12.8. The highest BCUT2D eigenvalue weighted by atomic mass is 16.6. The molecular weight excluding hydrogens is 206 g/mol. The molecule has 0 rings (SSSR count). The molecule has 3 N–H and O–H groups in total. The van der Waals surface area contributed by atoms with Crippen LogP contribution in [0.4, 0.5) is 0 Å². The Bertz CT molecular complexity index is 254. The van der Waals surface area contributed by atoms with Crippen LogP contribution in [0.15, 0.2) is 4.99 Å². The number of rotatable bonds is 4. The maximum Gasteiger partial charge on any atom is 0.308 e. The minimum absolute atomic E-state index is 0.241. The topological polar surface area (TPSA) is 76.7 Å². The van der Waals surface area contributed by atoms with E-state index in [9.17, 15) is 4.79 Å². The van der Waals surface area contributed by atoms with E-state index in [0.29, 0.717) is 12.5 Å². The molecule has 0 radical (unpaired) electrons. The van der Waals surface area contributed by atoms with Gasteiger partial charge < -0.3 is 15.8 Å². The first-order valence-electron chi connectivity index (χ1n) is 5.49. The van der Waals surface area contributed by atoms with E-state index in [-0.39, 0.29) is 18.4 Å². The van der Waals surface area contributed by atoms with Crippen molar-refractivity contribution in [1.29, 1.82) is 0 Å². The van der Waals surface area contributed by atoms with Crippen molar-refractivity contribution >= 4 is 11.9 Å². The lowest BCUT2D eigenvalue weighted by molar-refractivity contribution is -0.154. The van der Waals surface area contributed by atoms with Crippen molar-refractivity contribution in [3.63, 3.8) is 0 Å². The number of hydrogen-bond donors (Lipinski definition) is 2. The van der Waals surface area contributed by atoms with Gasteiger partial charge >= 0.3 is 5.97 Å². The van der Waals surface area contributed by atoms with Crippen LogP contribution in [-0.4, -0.2) is 30.1 Å².